The van der Waals surface area contributed by atoms with Crippen LogP contribution in [0.3, 0.4) is 0 Å². The standard InChI is InChI=1S/C21H24N6O4/c1-5-14-10-31-21(29)27(14)20-24-12(3)23-19(26-20)22-11(2)16-9-13-8-15(30-4)6-7-17(13)25-18(16)28/h6-9,11,14H,5,10H2,1-4H3,(H,25,28)(H,22,23,24,26). The summed E-state index contributed by atoms with van der Waals surface area (Å²) in [6.45, 7) is 5.83. The molecule has 1 aliphatic heterocycles. The Morgan fingerprint density at radius 2 is 2.10 bits per heavy atom. The van der Waals surface area contributed by atoms with Gasteiger partial charge in [-0.3, -0.25) is 4.79 Å². The van der Waals surface area contributed by atoms with Gasteiger partial charge in [-0.1, -0.05) is 6.92 Å². The Hall–Kier alpha value is -3.69. The van der Waals surface area contributed by atoms with Crippen LogP contribution in [0.4, 0.5) is 16.7 Å². The SMILES string of the molecule is CCC1COC(=O)N1c1nc(C)nc(NC(C)c2cc3cc(OC)ccc3[nH]c2=O)n1. The van der Waals surface area contributed by atoms with E-state index in [9.17, 15) is 9.59 Å². The molecule has 2 N–H and O–H groups in total. The van der Waals surface area contributed by atoms with Crippen molar-refractivity contribution in [1.29, 1.82) is 0 Å². The van der Waals surface area contributed by atoms with Crippen LogP contribution < -0.4 is 20.5 Å². The summed E-state index contributed by atoms with van der Waals surface area (Å²) in [6, 6.07) is 6.74. The number of fused-ring (bicyclic) bond motifs is 1. The average molecular weight is 424 g/mol. The van der Waals surface area contributed by atoms with Gasteiger partial charge in [0.05, 0.1) is 19.2 Å². The van der Waals surface area contributed by atoms with Gasteiger partial charge in [0, 0.05) is 16.5 Å². The molecule has 162 valence electrons. The number of H-pyrrole nitrogens is 1. The smallest absolute Gasteiger partial charge is 0.417 e. The number of anilines is 2. The zero-order chi connectivity index (χ0) is 22.1. The maximum absolute atomic E-state index is 12.6. The first-order chi connectivity index (χ1) is 14.9. The van der Waals surface area contributed by atoms with Crippen LogP contribution in [0.15, 0.2) is 29.1 Å². The first-order valence-electron chi connectivity index (χ1n) is 10.1. The number of carbonyl (C=O) groups is 1. The van der Waals surface area contributed by atoms with Crippen LogP contribution in [0.2, 0.25) is 0 Å². The summed E-state index contributed by atoms with van der Waals surface area (Å²) >= 11 is 0. The highest BCUT2D eigenvalue weighted by atomic mass is 16.6. The van der Waals surface area contributed by atoms with Gasteiger partial charge in [0.2, 0.25) is 11.9 Å². The van der Waals surface area contributed by atoms with E-state index in [1.807, 2.05) is 26.0 Å². The second kappa shape index (κ2) is 8.21. The van der Waals surface area contributed by atoms with Crippen LogP contribution in [0.1, 0.15) is 37.7 Å². The number of nitrogens with one attached hydrogen (secondary N) is 2. The van der Waals surface area contributed by atoms with Gasteiger partial charge in [0.1, 0.15) is 18.2 Å². The van der Waals surface area contributed by atoms with E-state index in [4.69, 9.17) is 9.47 Å². The molecule has 1 fully saturated rings. The number of rotatable bonds is 6. The number of ether oxygens (including phenoxy) is 2. The molecular formula is C21H24N6O4. The maximum Gasteiger partial charge on any atom is 0.417 e. The van der Waals surface area contributed by atoms with E-state index < -0.39 is 12.1 Å². The lowest BCUT2D eigenvalue weighted by Crippen LogP contribution is -2.35. The normalized spacial score (nSPS) is 17.0. The zero-order valence-corrected chi connectivity index (χ0v) is 17.8. The van der Waals surface area contributed by atoms with Crippen LogP contribution in [-0.2, 0) is 4.74 Å². The van der Waals surface area contributed by atoms with Crippen molar-refractivity contribution in [2.45, 2.75) is 39.3 Å². The minimum absolute atomic E-state index is 0.127. The van der Waals surface area contributed by atoms with Crippen molar-refractivity contribution in [2.75, 3.05) is 23.9 Å². The number of hydrogen-bond donors (Lipinski definition) is 2. The number of aromatic amines is 1. The summed E-state index contributed by atoms with van der Waals surface area (Å²) in [4.78, 5) is 42.2. The Morgan fingerprint density at radius 3 is 2.84 bits per heavy atom. The summed E-state index contributed by atoms with van der Waals surface area (Å²) in [7, 11) is 1.60. The molecule has 2 aromatic heterocycles. The predicted octanol–water partition coefficient (Wildman–Crippen LogP) is 2.94. The summed E-state index contributed by atoms with van der Waals surface area (Å²) < 4.78 is 10.4. The van der Waals surface area contributed by atoms with Gasteiger partial charge in [-0.2, -0.15) is 15.0 Å². The van der Waals surface area contributed by atoms with Crippen molar-refractivity contribution in [3.63, 3.8) is 0 Å². The van der Waals surface area contributed by atoms with E-state index in [1.165, 1.54) is 4.90 Å². The Bertz CT molecular complexity index is 1190. The van der Waals surface area contributed by atoms with Gasteiger partial charge >= 0.3 is 6.09 Å². The highest BCUT2D eigenvalue weighted by molar-refractivity contribution is 5.88. The predicted molar refractivity (Wildman–Crippen MR) is 116 cm³/mol. The fourth-order valence-electron chi connectivity index (χ4n) is 3.57. The van der Waals surface area contributed by atoms with E-state index in [1.54, 1.807) is 26.2 Å². The van der Waals surface area contributed by atoms with Gasteiger partial charge in [-0.25, -0.2) is 9.69 Å². The quantitative estimate of drug-likeness (QED) is 0.619. The molecule has 0 bridgehead atoms. The molecule has 10 nitrogen and oxygen atoms in total. The molecular weight excluding hydrogens is 400 g/mol. The number of pyridine rings is 1. The van der Waals surface area contributed by atoms with Crippen LogP contribution >= 0.6 is 0 Å². The number of nitrogens with zero attached hydrogens (tertiary/aromatic N) is 4. The first-order valence-corrected chi connectivity index (χ1v) is 10.1. The number of carbonyl (C=O) groups excluding carboxylic acids is 1. The van der Waals surface area contributed by atoms with Crippen molar-refractivity contribution in [2.24, 2.45) is 0 Å². The summed E-state index contributed by atoms with van der Waals surface area (Å²) in [6.07, 6.45) is 0.238. The lowest BCUT2D eigenvalue weighted by molar-refractivity contribution is 0.178. The molecule has 10 heteroatoms. The van der Waals surface area contributed by atoms with E-state index in [-0.39, 0.29) is 23.5 Å². The Balaban J connectivity index is 1.65. The largest absolute Gasteiger partial charge is 0.497 e. The molecule has 2 unspecified atom stereocenters. The molecule has 0 spiro atoms. The fraction of sp³-hybridized carbons (Fsp3) is 0.381. The van der Waals surface area contributed by atoms with E-state index in [0.29, 0.717) is 30.2 Å². The van der Waals surface area contributed by atoms with Crippen molar-refractivity contribution in [3.05, 3.63) is 46.0 Å². The average Bonchev–Trinajstić information content (AvgIpc) is 3.13. The monoisotopic (exact) mass is 424 g/mol. The summed E-state index contributed by atoms with van der Waals surface area (Å²) in [5, 5.41) is 4.00. The highest BCUT2D eigenvalue weighted by Gasteiger charge is 2.35. The number of cyclic esters (lactones) is 1. The third kappa shape index (κ3) is 4.00. The molecule has 2 atom stereocenters. The van der Waals surface area contributed by atoms with Gasteiger partial charge in [0.25, 0.3) is 5.56 Å². The number of hydrogen-bond acceptors (Lipinski definition) is 8. The second-order valence-electron chi connectivity index (χ2n) is 7.39. The summed E-state index contributed by atoms with van der Waals surface area (Å²) in [5.74, 6) is 1.65. The molecule has 3 heterocycles. The third-order valence-electron chi connectivity index (χ3n) is 5.28. The van der Waals surface area contributed by atoms with Crippen molar-refractivity contribution < 1.29 is 14.3 Å². The molecule has 0 saturated carbocycles. The molecule has 1 saturated heterocycles. The van der Waals surface area contributed by atoms with E-state index >= 15 is 0 Å². The van der Waals surface area contributed by atoms with E-state index in [2.05, 4.69) is 25.3 Å². The maximum atomic E-state index is 12.6. The minimum Gasteiger partial charge on any atom is -0.497 e. The van der Waals surface area contributed by atoms with Crippen LogP contribution in [-0.4, -0.2) is 45.8 Å². The van der Waals surface area contributed by atoms with Crippen molar-refractivity contribution in [1.82, 2.24) is 19.9 Å². The van der Waals surface area contributed by atoms with Gasteiger partial charge in [-0.15, -0.1) is 0 Å². The van der Waals surface area contributed by atoms with Crippen molar-refractivity contribution in [3.8, 4) is 5.75 Å². The molecule has 0 radical (unpaired) electrons. The molecule has 0 aliphatic carbocycles. The van der Waals surface area contributed by atoms with Crippen LogP contribution in [0.5, 0.6) is 5.75 Å². The number of aromatic nitrogens is 4. The van der Waals surface area contributed by atoms with E-state index in [0.717, 1.165) is 10.9 Å². The lowest BCUT2D eigenvalue weighted by atomic mass is 10.1. The van der Waals surface area contributed by atoms with Gasteiger partial charge < -0.3 is 19.8 Å². The van der Waals surface area contributed by atoms with Crippen molar-refractivity contribution >= 4 is 28.9 Å². The van der Waals surface area contributed by atoms with Gasteiger partial charge in [0.15, 0.2) is 0 Å². The van der Waals surface area contributed by atoms with Crippen LogP contribution in [0, 0.1) is 6.92 Å². The topological polar surface area (TPSA) is 122 Å². The third-order valence-corrected chi connectivity index (χ3v) is 5.28. The molecule has 1 aromatic carbocycles. The Morgan fingerprint density at radius 1 is 1.29 bits per heavy atom. The molecule has 1 amide bonds. The Kier molecular flexibility index (Phi) is 5.45. The minimum atomic E-state index is -0.476. The first kappa shape index (κ1) is 20.6. The highest BCUT2D eigenvalue weighted by Crippen LogP contribution is 2.24. The van der Waals surface area contributed by atoms with Crippen LogP contribution in [0.25, 0.3) is 10.9 Å². The number of amides is 1. The zero-order valence-electron chi connectivity index (χ0n) is 17.8. The molecule has 4 rings (SSSR count). The second-order valence-corrected chi connectivity index (χ2v) is 7.39. The molecule has 31 heavy (non-hydrogen) atoms. The number of aryl methyl sites for hydroxylation is 1. The Labute approximate surface area is 178 Å². The van der Waals surface area contributed by atoms with Gasteiger partial charge in [-0.05, 0) is 44.5 Å². The molecule has 1 aliphatic rings. The number of benzene rings is 1. The fourth-order valence-corrected chi connectivity index (χ4v) is 3.57. The number of methoxy groups -OCH3 is 1. The summed E-state index contributed by atoms with van der Waals surface area (Å²) in [5.41, 5.74) is 1.03. The lowest BCUT2D eigenvalue weighted by Gasteiger charge is -2.20. The molecule has 3 aromatic rings.